The summed E-state index contributed by atoms with van der Waals surface area (Å²) in [7, 11) is 0. The Kier molecular flexibility index (Phi) is 3.04. The second-order valence-electron chi connectivity index (χ2n) is 5.48. The molecule has 2 aromatic rings. The first-order valence-electron chi connectivity index (χ1n) is 6.88. The van der Waals surface area contributed by atoms with Crippen LogP contribution in [0.2, 0.25) is 0 Å². The molecule has 1 aliphatic heterocycles. The first-order valence-corrected chi connectivity index (χ1v) is 6.88. The van der Waals surface area contributed by atoms with Crippen molar-refractivity contribution >= 4 is 10.9 Å². The number of fused-ring (bicyclic) bond motifs is 1. The van der Waals surface area contributed by atoms with E-state index >= 15 is 0 Å². The fraction of sp³-hybridized carbons (Fsp3) is 0.438. The van der Waals surface area contributed by atoms with Gasteiger partial charge in [0.15, 0.2) is 0 Å². The van der Waals surface area contributed by atoms with E-state index < -0.39 is 0 Å². The molecule has 0 amide bonds. The molecule has 1 N–H and O–H groups in total. The van der Waals surface area contributed by atoms with E-state index in [2.05, 4.69) is 41.5 Å². The van der Waals surface area contributed by atoms with Crippen molar-refractivity contribution in [2.24, 2.45) is 0 Å². The Balaban J connectivity index is 2.02. The van der Waals surface area contributed by atoms with E-state index in [1.807, 2.05) is 12.3 Å². The molecule has 18 heavy (non-hydrogen) atoms. The number of aromatic nitrogens is 1. The van der Waals surface area contributed by atoms with Gasteiger partial charge in [-0.2, -0.15) is 0 Å². The summed E-state index contributed by atoms with van der Waals surface area (Å²) in [5.74, 6) is 0. The van der Waals surface area contributed by atoms with Gasteiger partial charge in [0.25, 0.3) is 0 Å². The molecule has 0 saturated carbocycles. The van der Waals surface area contributed by atoms with Crippen LogP contribution in [-0.2, 0) is 5.54 Å². The fourth-order valence-corrected chi connectivity index (χ4v) is 2.89. The molecular weight excluding hydrogens is 220 g/mol. The van der Waals surface area contributed by atoms with Crippen LogP contribution in [0.15, 0.2) is 36.5 Å². The van der Waals surface area contributed by atoms with Crippen molar-refractivity contribution in [2.75, 3.05) is 6.54 Å². The maximum Gasteiger partial charge on any atom is 0.0705 e. The Bertz CT molecular complexity index is 540. The highest BCUT2D eigenvalue weighted by atomic mass is 15.0. The third kappa shape index (κ3) is 2.13. The van der Waals surface area contributed by atoms with Crippen LogP contribution in [0.25, 0.3) is 10.9 Å². The highest BCUT2D eigenvalue weighted by Gasteiger charge is 2.27. The minimum absolute atomic E-state index is 0.113. The molecule has 94 valence electrons. The van der Waals surface area contributed by atoms with Crippen molar-refractivity contribution in [3.05, 3.63) is 42.1 Å². The van der Waals surface area contributed by atoms with Crippen LogP contribution in [0.1, 0.15) is 38.2 Å². The van der Waals surface area contributed by atoms with Gasteiger partial charge >= 0.3 is 0 Å². The van der Waals surface area contributed by atoms with Gasteiger partial charge in [-0.05, 0) is 44.0 Å². The number of nitrogens with one attached hydrogen (secondary N) is 1. The van der Waals surface area contributed by atoms with E-state index in [1.54, 1.807) is 0 Å². The van der Waals surface area contributed by atoms with Gasteiger partial charge in [0.2, 0.25) is 0 Å². The summed E-state index contributed by atoms with van der Waals surface area (Å²) in [6.45, 7) is 3.44. The van der Waals surface area contributed by atoms with Gasteiger partial charge in [0.05, 0.1) is 5.52 Å². The quantitative estimate of drug-likeness (QED) is 0.823. The predicted molar refractivity (Wildman–Crippen MR) is 75.6 cm³/mol. The zero-order chi connectivity index (χ0) is 12.4. The van der Waals surface area contributed by atoms with Gasteiger partial charge in [0, 0.05) is 17.1 Å². The molecule has 1 saturated heterocycles. The van der Waals surface area contributed by atoms with Crippen molar-refractivity contribution < 1.29 is 0 Å². The fourth-order valence-electron chi connectivity index (χ4n) is 2.89. The van der Waals surface area contributed by atoms with Crippen molar-refractivity contribution in [2.45, 2.75) is 38.1 Å². The van der Waals surface area contributed by atoms with Gasteiger partial charge in [0.1, 0.15) is 0 Å². The number of pyridine rings is 1. The molecule has 2 heterocycles. The lowest BCUT2D eigenvalue weighted by Crippen LogP contribution is -2.38. The summed E-state index contributed by atoms with van der Waals surface area (Å²) in [6, 6.07) is 10.8. The highest BCUT2D eigenvalue weighted by Crippen LogP contribution is 2.30. The molecule has 1 aromatic heterocycles. The Hall–Kier alpha value is -1.41. The predicted octanol–water partition coefficient (Wildman–Crippen LogP) is 3.61. The van der Waals surface area contributed by atoms with Crippen LogP contribution >= 0.6 is 0 Å². The molecule has 1 atom stereocenters. The minimum atomic E-state index is 0.113. The van der Waals surface area contributed by atoms with E-state index in [1.165, 1.54) is 36.6 Å². The molecule has 3 rings (SSSR count). The van der Waals surface area contributed by atoms with Crippen molar-refractivity contribution in [1.29, 1.82) is 0 Å². The normalized spacial score (nSPS) is 24.9. The average Bonchev–Trinajstić information content (AvgIpc) is 2.64. The van der Waals surface area contributed by atoms with Gasteiger partial charge in [-0.1, -0.05) is 31.0 Å². The molecule has 0 aliphatic carbocycles. The Morgan fingerprint density at radius 2 is 2.11 bits per heavy atom. The summed E-state index contributed by atoms with van der Waals surface area (Å²) in [5.41, 5.74) is 2.58. The van der Waals surface area contributed by atoms with Gasteiger partial charge in [-0.15, -0.1) is 0 Å². The van der Waals surface area contributed by atoms with Crippen LogP contribution in [-0.4, -0.2) is 11.5 Å². The summed E-state index contributed by atoms with van der Waals surface area (Å²) >= 11 is 0. The van der Waals surface area contributed by atoms with E-state index in [4.69, 9.17) is 0 Å². The molecule has 2 heteroatoms. The number of hydrogen-bond acceptors (Lipinski definition) is 2. The zero-order valence-corrected chi connectivity index (χ0v) is 10.9. The van der Waals surface area contributed by atoms with E-state index in [0.717, 1.165) is 12.1 Å². The molecular formula is C16H20N2. The first-order chi connectivity index (χ1) is 8.78. The van der Waals surface area contributed by atoms with E-state index in [-0.39, 0.29) is 5.54 Å². The molecule has 1 unspecified atom stereocenters. The van der Waals surface area contributed by atoms with Crippen molar-refractivity contribution in [3.8, 4) is 0 Å². The molecule has 0 spiro atoms. The molecule has 0 bridgehead atoms. The SMILES string of the molecule is CC1(c2ccc3cccnc3c2)CCCCCN1. The Labute approximate surface area is 108 Å². The average molecular weight is 240 g/mol. The van der Waals surface area contributed by atoms with Crippen LogP contribution in [0.5, 0.6) is 0 Å². The Morgan fingerprint density at radius 1 is 1.17 bits per heavy atom. The van der Waals surface area contributed by atoms with E-state index in [0.29, 0.717) is 0 Å². The maximum absolute atomic E-state index is 4.46. The second-order valence-corrected chi connectivity index (χ2v) is 5.48. The van der Waals surface area contributed by atoms with Gasteiger partial charge in [-0.3, -0.25) is 4.98 Å². The van der Waals surface area contributed by atoms with Crippen molar-refractivity contribution in [1.82, 2.24) is 10.3 Å². The maximum atomic E-state index is 4.46. The zero-order valence-electron chi connectivity index (χ0n) is 10.9. The van der Waals surface area contributed by atoms with Gasteiger partial charge in [-0.25, -0.2) is 0 Å². The molecule has 1 aliphatic rings. The lowest BCUT2D eigenvalue weighted by molar-refractivity contribution is 0.360. The smallest absolute Gasteiger partial charge is 0.0705 e. The van der Waals surface area contributed by atoms with Gasteiger partial charge < -0.3 is 5.32 Å². The Morgan fingerprint density at radius 3 is 3.06 bits per heavy atom. The minimum Gasteiger partial charge on any atom is -0.308 e. The number of benzene rings is 1. The topological polar surface area (TPSA) is 24.9 Å². The summed E-state index contributed by atoms with van der Waals surface area (Å²) < 4.78 is 0. The van der Waals surface area contributed by atoms with E-state index in [9.17, 15) is 0 Å². The summed E-state index contributed by atoms with van der Waals surface area (Å²) in [6.07, 6.45) is 7.03. The third-order valence-electron chi connectivity index (χ3n) is 4.11. The van der Waals surface area contributed by atoms with Crippen LogP contribution in [0.4, 0.5) is 0 Å². The van der Waals surface area contributed by atoms with Crippen LogP contribution < -0.4 is 5.32 Å². The van der Waals surface area contributed by atoms with Crippen molar-refractivity contribution in [3.63, 3.8) is 0 Å². The molecule has 0 radical (unpaired) electrons. The van der Waals surface area contributed by atoms with Crippen LogP contribution in [0.3, 0.4) is 0 Å². The molecule has 1 aromatic carbocycles. The number of nitrogens with zero attached hydrogens (tertiary/aromatic N) is 1. The first kappa shape index (κ1) is 11.7. The lowest BCUT2D eigenvalue weighted by atomic mass is 9.87. The number of hydrogen-bond donors (Lipinski definition) is 1. The van der Waals surface area contributed by atoms with Crippen LogP contribution in [0, 0.1) is 0 Å². The monoisotopic (exact) mass is 240 g/mol. The standard InChI is InChI=1S/C16H20N2/c1-16(9-3-2-4-11-18-16)14-8-7-13-6-5-10-17-15(13)12-14/h5-8,10,12,18H,2-4,9,11H2,1H3. The number of rotatable bonds is 1. The lowest BCUT2D eigenvalue weighted by Gasteiger charge is -2.30. The second kappa shape index (κ2) is 4.69. The molecule has 1 fully saturated rings. The largest absolute Gasteiger partial charge is 0.308 e. The highest BCUT2D eigenvalue weighted by molar-refractivity contribution is 5.79. The third-order valence-corrected chi connectivity index (χ3v) is 4.11. The summed E-state index contributed by atoms with van der Waals surface area (Å²) in [5, 5.41) is 4.93. The molecule has 2 nitrogen and oxygen atoms in total. The summed E-state index contributed by atoms with van der Waals surface area (Å²) in [4.78, 5) is 4.46.